The molecule has 1 fully saturated rings. The molecule has 1 aliphatic carbocycles. The van der Waals surface area contributed by atoms with Crippen molar-refractivity contribution in [1.29, 1.82) is 0 Å². The number of para-hydroxylation sites is 1. The van der Waals surface area contributed by atoms with Gasteiger partial charge >= 0.3 is 5.97 Å². The van der Waals surface area contributed by atoms with Crippen LogP contribution >= 0.6 is 11.6 Å². The topological polar surface area (TPSA) is 179 Å². The van der Waals surface area contributed by atoms with E-state index in [-0.39, 0.29) is 44.7 Å². The van der Waals surface area contributed by atoms with E-state index in [1.807, 2.05) is 92.0 Å². The van der Waals surface area contributed by atoms with Gasteiger partial charge in [0.25, 0.3) is 0 Å². The van der Waals surface area contributed by atoms with Gasteiger partial charge < -0.3 is 35.9 Å². The van der Waals surface area contributed by atoms with E-state index in [0.29, 0.717) is 25.7 Å². The fourth-order valence-electron chi connectivity index (χ4n) is 7.79. The molecule has 310 valence electrons. The van der Waals surface area contributed by atoms with Gasteiger partial charge in [-0.05, 0) is 72.9 Å². The number of ether oxygens (including phenoxy) is 1. The average molecular weight is 823 g/mol. The molecule has 2 heterocycles. The first-order valence-electron chi connectivity index (χ1n) is 20.0. The molecule has 5 amide bonds. The van der Waals surface area contributed by atoms with Crippen molar-refractivity contribution in [2.75, 3.05) is 19.5 Å². The Morgan fingerprint density at radius 1 is 0.864 bits per heavy atom. The number of benzene rings is 3. The van der Waals surface area contributed by atoms with Gasteiger partial charge in [-0.15, -0.1) is 11.6 Å². The van der Waals surface area contributed by atoms with E-state index in [2.05, 4.69) is 26.3 Å². The second-order valence-electron chi connectivity index (χ2n) is 15.1. The number of aromatic nitrogens is 1. The molecular weight excluding hydrogens is 772 g/mol. The molecule has 4 atom stereocenters. The van der Waals surface area contributed by atoms with Crippen molar-refractivity contribution in [1.82, 2.24) is 31.2 Å². The number of rotatable bonds is 17. The number of piperidine rings is 1. The molecule has 0 bridgehead atoms. The number of aromatic amines is 1. The molecule has 13 nitrogen and oxygen atoms in total. The highest BCUT2D eigenvalue weighted by molar-refractivity contribution is 6.27. The number of amides is 5. The molecule has 0 unspecified atom stereocenters. The number of esters is 1. The van der Waals surface area contributed by atoms with Crippen molar-refractivity contribution >= 4 is 63.6 Å². The van der Waals surface area contributed by atoms with Gasteiger partial charge in [0, 0.05) is 49.5 Å². The summed E-state index contributed by atoms with van der Waals surface area (Å²) in [5.74, 6) is -3.58. The summed E-state index contributed by atoms with van der Waals surface area (Å²) in [6.45, 7) is 2.47. The van der Waals surface area contributed by atoms with Crippen LogP contribution < -0.4 is 21.3 Å². The first-order chi connectivity index (χ1) is 28.5. The van der Waals surface area contributed by atoms with E-state index in [9.17, 15) is 28.8 Å². The van der Waals surface area contributed by atoms with Gasteiger partial charge in [0.2, 0.25) is 29.5 Å². The zero-order valence-electron chi connectivity index (χ0n) is 33.4. The number of hydrogen-bond acceptors (Lipinski definition) is 7. The number of alkyl halides is 1. The van der Waals surface area contributed by atoms with E-state index in [1.165, 1.54) is 12.0 Å². The van der Waals surface area contributed by atoms with Gasteiger partial charge in [-0.25, -0.2) is 0 Å². The Balaban J connectivity index is 1.26. The Bertz CT molecular complexity index is 2200. The Morgan fingerprint density at radius 3 is 2.39 bits per heavy atom. The van der Waals surface area contributed by atoms with E-state index >= 15 is 0 Å². The molecule has 14 heteroatoms. The highest BCUT2D eigenvalue weighted by atomic mass is 35.5. The van der Waals surface area contributed by atoms with E-state index < -0.39 is 59.6 Å². The molecule has 1 saturated heterocycles. The number of methoxy groups -OCH3 is 1. The normalized spacial score (nSPS) is 16.2. The molecule has 2 aliphatic rings. The van der Waals surface area contributed by atoms with Crippen LogP contribution in [0.3, 0.4) is 0 Å². The van der Waals surface area contributed by atoms with Crippen molar-refractivity contribution < 1.29 is 33.5 Å². The van der Waals surface area contributed by atoms with Gasteiger partial charge in [0.1, 0.15) is 30.0 Å². The molecule has 5 N–H and O–H groups in total. The lowest BCUT2D eigenvalue weighted by molar-refractivity contribution is -0.146. The van der Waals surface area contributed by atoms with Crippen LogP contribution in [-0.4, -0.2) is 89.1 Å². The van der Waals surface area contributed by atoms with Gasteiger partial charge in [-0.2, -0.15) is 0 Å². The summed E-state index contributed by atoms with van der Waals surface area (Å²) in [4.78, 5) is 86.1. The number of allylic oxidation sites excluding steroid dienone is 1. The van der Waals surface area contributed by atoms with Crippen LogP contribution in [0.4, 0.5) is 0 Å². The van der Waals surface area contributed by atoms with Crippen molar-refractivity contribution in [3.63, 3.8) is 0 Å². The lowest BCUT2D eigenvalue weighted by atomic mass is 9.96. The summed E-state index contributed by atoms with van der Waals surface area (Å²) >= 11 is 5.75. The molecular formula is C45H51ClN6O7. The smallest absolute Gasteiger partial charge is 0.305 e. The highest BCUT2D eigenvalue weighted by Gasteiger charge is 2.38. The van der Waals surface area contributed by atoms with E-state index in [4.69, 9.17) is 16.3 Å². The van der Waals surface area contributed by atoms with Crippen LogP contribution in [0.1, 0.15) is 66.3 Å². The summed E-state index contributed by atoms with van der Waals surface area (Å²) < 4.78 is 4.75. The van der Waals surface area contributed by atoms with Crippen molar-refractivity contribution in [2.24, 2.45) is 0 Å². The molecule has 0 radical (unpaired) electrons. The predicted molar refractivity (Wildman–Crippen MR) is 225 cm³/mol. The third-order valence-electron chi connectivity index (χ3n) is 11.0. The maximum atomic E-state index is 14.6. The zero-order chi connectivity index (χ0) is 41.9. The lowest BCUT2D eigenvalue weighted by Crippen LogP contribution is -2.60. The molecule has 1 aromatic heterocycles. The number of carbonyl (C=O) groups is 6. The van der Waals surface area contributed by atoms with Crippen LogP contribution in [0.5, 0.6) is 0 Å². The summed E-state index contributed by atoms with van der Waals surface area (Å²) in [6.07, 6.45) is 6.23. The fraction of sp³-hybridized carbons (Fsp3) is 0.378. The molecule has 59 heavy (non-hydrogen) atoms. The summed E-state index contributed by atoms with van der Waals surface area (Å²) in [5, 5.41) is 12.5. The predicted octanol–water partition coefficient (Wildman–Crippen LogP) is 4.39. The number of hydrogen-bond donors (Lipinski definition) is 5. The maximum Gasteiger partial charge on any atom is 0.305 e. The second-order valence-corrected chi connectivity index (χ2v) is 15.4. The van der Waals surface area contributed by atoms with Crippen LogP contribution in [0.2, 0.25) is 0 Å². The molecule has 0 saturated carbocycles. The van der Waals surface area contributed by atoms with Crippen LogP contribution in [0.15, 0.2) is 85.1 Å². The number of likely N-dealkylation sites (tertiary alicyclic amines) is 1. The van der Waals surface area contributed by atoms with E-state index in [0.717, 1.165) is 44.3 Å². The SMILES string of the molecule is COC(=O)CC[C@H](NC(=O)CCl)C(=O)N1CCCC[C@H]1C(=O)N[C@@H](CC1=CCc2ccccc21)C(=O)N[C@@H](Cc1c[nH]c2ccccc12)C(=O)NCc1ccc(C)cc1. The quantitative estimate of drug-likeness (QED) is 0.0775. The van der Waals surface area contributed by atoms with Gasteiger partial charge in [-0.3, -0.25) is 28.8 Å². The molecule has 0 spiro atoms. The van der Waals surface area contributed by atoms with Gasteiger partial charge in [0.15, 0.2) is 0 Å². The van der Waals surface area contributed by atoms with Gasteiger partial charge in [0.05, 0.1) is 7.11 Å². The summed E-state index contributed by atoms with van der Waals surface area (Å²) in [5.41, 5.74) is 6.68. The first-order valence-corrected chi connectivity index (χ1v) is 20.6. The van der Waals surface area contributed by atoms with Crippen molar-refractivity contribution in [3.8, 4) is 0 Å². The fourth-order valence-corrected chi connectivity index (χ4v) is 7.87. The van der Waals surface area contributed by atoms with Crippen LogP contribution in [0.25, 0.3) is 16.5 Å². The number of halogens is 1. The Hall–Kier alpha value is -5.95. The monoisotopic (exact) mass is 822 g/mol. The standard InChI is InChI=1S/C45H51ClN6O7/c1-28-14-16-29(17-15-28)26-48-42(55)37(24-32-27-47-35-12-6-5-11-34(32)35)50-43(56)38(23-31-19-18-30-9-3-4-10-33(30)31)51-44(57)39-13-7-8-22-52(39)45(58)36(49-40(53)25-46)20-21-41(54)59-2/h3-6,9-12,14-17,19,27,36-39,47H,7-8,13,18,20-26H2,1-2H3,(H,48,55)(H,49,53)(H,50,56)(H,51,57)/t36-,37-,38-,39-/m0/s1. The minimum Gasteiger partial charge on any atom is -0.469 e. The zero-order valence-corrected chi connectivity index (χ0v) is 34.1. The minimum absolute atomic E-state index is 0.0542. The van der Waals surface area contributed by atoms with Crippen LogP contribution in [0, 0.1) is 6.92 Å². The number of nitrogens with zero attached hydrogens (tertiary/aromatic N) is 1. The largest absolute Gasteiger partial charge is 0.469 e. The number of fused-ring (bicyclic) bond motifs is 2. The average Bonchev–Trinajstić information content (AvgIpc) is 3.87. The number of carbonyl (C=O) groups excluding carboxylic acids is 6. The second kappa shape index (κ2) is 20.1. The number of H-pyrrole nitrogens is 1. The third kappa shape index (κ3) is 11.0. The summed E-state index contributed by atoms with van der Waals surface area (Å²) in [7, 11) is 1.23. The number of aryl methyl sites for hydroxylation is 1. The van der Waals surface area contributed by atoms with Crippen molar-refractivity contribution in [2.45, 2.75) is 89.0 Å². The minimum atomic E-state index is -1.13. The first kappa shape index (κ1) is 42.7. The lowest BCUT2D eigenvalue weighted by Gasteiger charge is -2.37. The van der Waals surface area contributed by atoms with E-state index in [1.54, 1.807) is 0 Å². The molecule has 6 rings (SSSR count). The number of nitrogens with one attached hydrogen (secondary N) is 5. The van der Waals surface area contributed by atoms with Gasteiger partial charge in [-0.1, -0.05) is 78.4 Å². The Morgan fingerprint density at radius 2 is 1.61 bits per heavy atom. The third-order valence-corrected chi connectivity index (χ3v) is 11.3. The summed E-state index contributed by atoms with van der Waals surface area (Å²) in [6, 6.07) is 19.2. The molecule has 1 aliphatic heterocycles. The maximum absolute atomic E-state index is 14.6. The van der Waals surface area contributed by atoms with Crippen molar-refractivity contribution in [3.05, 3.63) is 113 Å². The molecule has 4 aromatic rings. The Labute approximate surface area is 348 Å². The van der Waals surface area contributed by atoms with Crippen LogP contribution in [-0.2, 0) is 52.9 Å². The molecule has 3 aromatic carbocycles. The highest BCUT2D eigenvalue weighted by Crippen LogP contribution is 2.31. The Kier molecular flexibility index (Phi) is 14.6.